The van der Waals surface area contributed by atoms with Crippen LogP contribution in [0.3, 0.4) is 0 Å². The highest BCUT2D eigenvalue weighted by molar-refractivity contribution is 6.48. The third kappa shape index (κ3) is 17.0. The second-order valence-electron chi connectivity index (χ2n) is 15.0. The SMILES string of the molecule is CCOC(=O)[C@H](CO)C[C@H](CB(C)O)Cc1ccc(-c2cc(Cl)ccc2F)cc1.CCOC(=O)[C@H](COC)C[C@H](CB(C)O)Cc1ccc(-c2cc(Cl)ccc2F)cc1. The summed E-state index contributed by atoms with van der Waals surface area (Å²) in [6.07, 6.45) is 3.35. The lowest BCUT2D eigenvalue weighted by Crippen LogP contribution is -2.27. The minimum absolute atomic E-state index is 0.00897. The number of hydrogen-bond acceptors (Lipinski definition) is 8. The van der Waals surface area contributed by atoms with Crippen molar-refractivity contribution in [2.45, 2.75) is 65.8 Å². The van der Waals surface area contributed by atoms with Gasteiger partial charge >= 0.3 is 11.9 Å². The molecule has 4 aromatic rings. The Morgan fingerprint density at radius 2 is 1.05 bits per heavy atom. The minimum Gasteiger partial charge on any atom is -0.466 e. The molecule has 0 bridgehead atoms. The molecule has 318 valence electrons. The van der Waals surface area contributed by atoms with Gasteiger partial charge in [-0.15, -0.1) is 0 Å². The average Bonchev–Trinajstić information content (AvgIpc) is 3.19. The first-order chi connectivity index (χ1) is 28.2. The molecule has 4 atom stereocenters. The van der Waals surface area contributed by atoms with Crippen LogP contribution in [0.1, 0.15) is 37.8 Å². The van der Waals surface area contributed by atoms with Crippen molar-refractivity contribution < 1.29 is 47.7 Å². The summed E-state index contributed by atoms with van der Waals surface area (Å²) in [5.41, 5.74) is 4.41. The standard InChI is InChI=1S/C23H29BClFO4.C22H27BClFO4/c1-4-30-23(27)19(15-29-3)12-17(14-24(2)28)11-16-5-7-18(8-6-16)21-13-20(25)9-10-22(21)26;1-3-29-22(27)18(14-26)11-16(13-23(2)28)10-15-4-6-17(7-5-15)20-12-19(24)8-9-21(20)25/h5-10,13,17,19,28H,4,11-12,14-15H2,1-3H3;4-9,12,16,18,26,28H,3,10-11,13-14H2,1-2H3/t17-,19+;16-,18+/m11/s1. The van der Waals surface area contributed by atoms with Crippen molar-refractivity contribution >= 4 is 49.0 Å². The molecule has 0 aliphatic heterocycles. The van der Waals surface area contributed by atoms with Crippen LogP contribution in [0.25, 0.3) is 22.3 Å². The first-order valence-corrected chi connectivity index (χ1v) is 20.8. The first-order valence-electron chi connectivity index (χ1n) is 20.1. The highest BCUT2D eigenvalue weighted by atomic mass is 35.5. The summed E-state index contributed by atoms with van der Waals surface area (Å²) in [6.45, 7) is 6.51. The molecule has 0 aliphatic rings. The maximum Gasteiger partial charge on any atom is 0.311 e. The quantitative estimate of drug-likeness (QED) is 0.0560. The van der Waals surface area contributed by atoms with Crippen LogP contribution < -0.4 is 0 Å². The van der Waals surface area contributed by atoms with Crippen molar-refractivity contribution in [3.05, 3.63) is 118 Å². The van der Waals surface area contributed by atoms with Gasteiger partial charge in [0.25, 0.3) is 13.8 Å². The van der Waals surface area contributed by atoms with Gasteiger partial charge in [-0.3, -0.25) is 9.59 Å². The molecule has 0 unspecified atom stereocenters. The van der Waals surface area contributed by atoms with Crippen LogP contribution in [0.4, 0.5) is 8.78 Å². The van der Waals surface area contributed by atoms with Gasteiger partial charge in [0.2, 0.25) is 0 Å². The predicted molar refractivity (Wildman–Crippen MR) is 234 cm³/mol. The van der Waals surface area contributed by atoms with E-state index in [1.165, 1.54) is 24.3 Å². The number of halogens is 4. The van der Waals surface area contributed by atoms with Crippen LogP contribution in [0.15, 0.2) is 84.9 Å². The molecule has 0 radical (unpaired) electrons. The Labute approximate surface area is 358 Å². The lowest BCUT2D eigenvalue weighted by molar-refractivity contribution is -0.151. The van der Waals surface area contributed by atoms with E-state index in [1.807, 2.05) is 48.5 Å². The number of ether oxygens (including phenoxy) is 3. The minimum atomic E-state index is -0.612. The van der Waals surface area contributed by atoms with E-state index in [0.29, 0.717) is 66.1 Å². The Morgan fingerprint density at radius 1 is 0.661 bits per heavy atom. The fourth-order valence-corrected chi connectivity index (χ4v) is 7.58. The zero-order valence-corrected chi connectivity index (χ0v) is 36.0. The molecule has 59 heavy (non-hydrogen) atoms. The highest BCUT2D eigenvalue weighted by Gasteiger charge is 2.27. The van der Waals surface area contributed by atoms with Gasteiger partial charge < -0.3 is 29.4 Å². The normalized spacial score (nSPS) is 13.0. The molecule has 0 spiro atoms. The fourth-order valence-electron chi connectivity index (χ4n) is 7.24. The van der Waals surface area contributed by atoms with Gasteiger partial charge in [0.1, 0.15) is 11.6 Å². The molecular formula is C45H56B2Cl2F2O8. The summed E-state index contributed by atoms with van der Waals surface area (Å²) in [4.78, 5) is 24.3. The van der Waals surface area contributed by atoms with Gasteiger partial charge in [-0.05, 0) is 123 Å². The van der Waals surface area contributed by atoms with Gasteiger partial charge in [-0.2, -0.15) is 0 Å². The number of aliphatic hydroxyl groups is 1. The van der Waals surface area contributed by atoms with Gasteiger partial charge in [0.15, 0.2) is 0 Å². The molecule has 8 nitrogen and oxygen atoms in total. The number of aliphatic hydroxyl groups excluding tert-OH is 1. The van der Waals surface area contributed by atoms with Crippen molar-refractivity contribution in [1.29, 1.82) is 0 Å². The molecule has 0 aliphatic carbocycles. The third-order valence-corrected chi connectivity index (χ3v) is 10.3. The lowest BCUT2D eigenvalue weighted by atomic mass is 9.62. The monoisotopic (exact) mass is 854 g/mol. The number of carbonyl (C=O) groups is 2. The Balaban J connectivity index is 0.000000316. The van der Waals surface area contributed by atoms with Crippen LogP contribution in [-0.2, 0) is 36.6 Å². The summed E-state index contributed by atoms with van der Waals surface area (Å²) in [7, 11) is 1.56. The number of rotatable bonds is 21. The summed E-state index contributed by atoms with van der Waals surface area (Å²) in [5.74, 6) is -2.28. The van der Waals surface area contributed by atoms with E-state index < -0.39 is 25.7 Å². The number of carbonyl (C=O) groups excluding carboxylic acids is 2. The number of hydrogen-bond donors (Lipinski definition) is 3. The lowest BCUT2D eigenvalue weighted by Gasteiger charge is -2.23. The number of esters is 2. The number of methoxy groups -OCH3 is 1. The molecule has 14 heteroatoms. The van der Waals surface area contributed by atoms with Gasteiger partial charge in [-0.25, -0.2) is 8.78 Å². The molecule has 0 heterocycles. The van der Waals surface area contributed by atoms with Gasteiger partial charge in [-0.1, -0.05) is 85.4 Å². The van der Waals surface area contributed by atoms with E-state index in [-0.39, 0.29) is 55.2 Å². The second kappa shape index (κ2) is 25.8. The summed E-state index contributed by atoms with van der Waals surface area (Å²) >= 11 is 12.0. The molecule has 4 rings (SSSR count). The maximum atomic E-state index is 14.1. The summed E-state index contributed by atoms with van der Waals surface area (Å²) in [6, 6.07) is 24.0. The Morgan fingerprint density at radius 3 is 1.41 bits per heavy atom. The predicted octanol–water partition coefficient (Wildman–Crippen LogP) is 9.61. The molecule has 0 amide bonds. The second-order valence-corrected chi connectivity index (χ2v) is 15.8. The number of benzene rings is 4. The molecule has 0 aromatic heterocycles. The molecule has 4 aromatic carbocycles. The van der Waals surface area contributed by atoms with Crippen LogP contribution in [0, 0.1) is 35.3 Å². The van der Waals surface area contributed by atoms with E-state index in [4.69, 9.17) is 37.4 Å². The largest absolute Gasteiger partial charge is 0.466 e. The Kier molecular flexibility index (Phi) is 21.7. The zero-order valence-electron chi connectivity index (χ0n) is 34.5. The van der Waals surface area contributed by atoms with E-state index in [0.717, 1.165) is 22.3 Å². The van der Waals surface area contributed by atoms with Crippen molar-refractivity contribution in [1.82, 2.24) is 0 Å². The zero-order chi connectivity index (χ0) is 43.5. The Hall–Kier alpha value is -3.77. The average molecular weight is 855 g/mol. The van der Waals surface area contributed by atoms with Crippen LogP contribution >= 0.6 is 23.2 Å². The third-order valence-electron chi connectivity index (χ3n) is 9.85. The highest BCUT2D eigenvalue weighted by Crippen LogP contribution is 2.30. The summed E-state index contributed by atoms with van der Waals surface area (Å²) < 4.78 is 43.6. The molecule has 0 fully saturated rings. The molecule has 0 saturated heterocycles. The van der Waals surface area contributed by atoms with E-state index in [1.54, 1.807) is 46.7 Å². The Bertz CT molecular complexity index is 1880. The van der Waals surface area contributed by atoms with Crippen LogP contribution in [0.2, 0.25) is 36.3 Å². The van der Waals surface area contributed by atoms with E-state index in [2.05, 4.69) is 0 Å². The van der Waals surface area contributed by atoms with Crippen LogP contribution in [-0.4, -0.2) is 74.5 Å². The van der Waals surface area contributed by atoms with Crippen molar-refractivity contribution in [3.63, 3.8) is 0 Å². The van der Waals surface area contributed by atoms with Crippen molar-refractivity contribution in [2.75, 3.05) is 33.5 Å². The molecule has 3 N–H and O–H groups in total. The topological polar surface area (TPSA) is 123 Å². The van der Waals surface area contributed by atoms with Crippen molar-refractivity contribution in [3.8, 4) is 22.3 Å². The fraction of sp³-hybridized carbons (Fsp3) is 0.422. The van der Waals surface area contributed by atoms with Gasteiger partial charge in [0.05, 0.1) is 38.3 Å². The molecular weight excluding hydrogens is 799 g/mol. The maximum absolute atomic E-state index is 14.1. The first kappa shape index (κ1) is 49.6. The smallest absolute Gasteiger partial charge is 0.311 e. The van der Waals surface area contributed by atoms with E-state index >= 15 is 0 Å². The van der Waals surface area contributed by atoms with E-state index in [9.17, 15) is 33.5 Å². The summed E-state index contributed by atoms with van der Waals surface area (Å²) in [5, 5.41) is 30.3. The van der Waals surface area contributed by atoms with Crippen molar-refractivity contribution in [2.24, 2.45) is 23.7 Å². The van der Waals surface area contributed by atoms with Gasteiger partial charge in [0, 0.05) is 28.3 Å². The molecule has 0 saturated carbocycles. The van der Waals surface area contributed by atoms with Crippen LogP contribution in [0.5, 0.6) is 0 Å².